The number of benzene rings is 2. The lowest BCUT2D eigenvalue weighted by Crippen LogP contribution is -2.09. The van der Waals surface area contributed by atoms with Crippen molar-refractivity contribution in [2.75, 3.05) is 4.43 Å². The van der Waals surface area contributed by atoms with E-state index in [1.54, 1.807) is 6.07 Å². The van der Waals surface area contributed by atoms with E-state index in [1.807, 2.05) is 41.8 Å². The Bertz CT molecular complexity index is 726. The molecule has 0 aliphatic carbocycles. The normalized spacial score (nSPS) is 12.5. The van der Waals surface area contributed by atoms with Crippen LogP contribution in [0.1, 0.15) is 18.1 Å². The van der Waals surface area contributed by atoms with Gasteiger partial charge < -0.3 is 4.74 Å². The van der Waals surface area contributed by atoms with Crippen LogP contribution in [0.5, 0.6) is 5.75 Å². The summed E-state index contributed by atoms with van der Waals surface area (Å²) in [5, 5.41) is 2.99. The zero-order valence-corrected chi connectivity index (χ0v) is 14.2. The molecule has 2 aromatic carbocycles. The third kappa shape index (κ3) is 3.21. The van der Waals surface area contributed by atoms with Crippen LogP contribution >= 0.6 is 33.9 Å². The van der Waals surface area contributed by atoms with Gasteiger partial charge in [-0.1, -0.05) is 59.0 Å². The van der Waals surface area contributed by atoms with E-state index in [1.165, 1.54) is 17.4 Å². The van der Waals surface area contributed by atoms with Gasteiger partial charge in [-0.2, -0.15) is 0 Å². The molecule has 1 unspecified atom stereocenters. The molecule has 3 rings (SSSR count). The van der Waals surface area contributed by atoms with Gasteiger partial charge in [-0.3, -0.25) is 0 Å². The van der Waals surface area contributed by atoms with Crippen molar-refractivity contribution in [3.8, 4) is 5.75 Å². The van der Waals surface area contributed by atoms with Crippen molar-refractivity contribution < 1.29 is 9.13 Å². The van der Waals surface area contributed by atoms with Gasteiger partial charge in [0.05, 0.1) is 4.70 Å². The standard InChI is InChI=1S/C17H14FIOS/c18-14-7-6-13-9-11-21-17(13)16(14)20-15(8-10-19)12-4-2-1-3-5-12/h1-7,9,11,15H,8,10H2. The second-order valence-electron chi connectivity index (χ2n) is 4.71. The number of hydrogen-bond acceptors (Lipinski definition) is 2. The third-order valence-electron chi connectivity index (χ3n) is 3.33. The van der Waals surface area contributed by atoms with Crippen molar-refractivity contribution in [2.24, 2.45) is 0 Å². The highest BCUT2D eigenvalue weighted by Crippen LogP contribution is 2.36. The molecule has 0 amide bonds. The predicted molar refractivity (Wildman–Crippen MR) is 95.1 cm³/mol. The highest BCUT2D eigenvalue weighted by molar-refractivity contribution is 14.1. The zero-order chi connectivity index (χ0) is 14.7. The van der Waals surface area contributed by atoms with Crippen LogP contribution in [-0.2, 0) is 0 Å². The van der Waals surface area contributed by atoms with Gasteiger partial charge in [-0.25, -0.2) is 4.39 Å². The van der Waals surface area contributed by atoms with Crippen LogP contribution < -0.4 is 4.74 Å². The molecule has 1 aromatic heterocycles. The van der Waals surface area contributed by atoms with Crippen LogP contribution in [0.25, 0.3) is 10.1 Å². The summed E-state index contributed by atoms with van der Waals surface area (Å²) in [6.45, 7) is 0. The van der Waals surface area contributed by atoms with Crippen molar-refractivity contribution in [3.63, 3.8) is 0 Å². The van der Waals surface area contributed by atoms with Crippen LogP contribution in [0.3, 0.4) is 0 Å². The molecule has 1 heterocycles. The summed E-state index contributed by atoms with van der Waals surface area (Å²) in [7, 11) is 0. The number of rotatable bonds is 5. The maximum atomic E-state index is 14.2. The van der Waals surface area contributed by atoms with Crippen molar-refractivity contribution >= 4 is 44.0 Å². The summed E-state index contributed by atoms with van der Waals surface area (Å²) in [5.74, 6) is 0.0838. The first-order valence-corrected chi connectivity index (χ1v) is 9.13. The molecule has 0 radical (unpaired) electrons. The molecule has 0 saturated carbocycles. The van der Waals surface area contributed by atoms with Gasteiger partial charge in [0.1, 0.15) is 6.10 Å². The fraction of sp³-hybridized carbons (Fsp3) is 0.176. The first kappa shape index (κ1) is 14.8. The van der Waals surface area contributed by atoms with Gasteiger partial charge in [0, 0.05) is 4.43 Å². The molecule has 108 valence electrons. The Labute approximate surface area is 140 Å². The molecule has 3 aromatic rings. The summed E-state index contributed by atoms with van der Waals surface area (Å²) >= 11 is 3.84. The molecule has 21 heavy (non-hydrogen) atoms. The van der Waals surface area contributed by atoms with E-state index in [0.717, 1.165) is 26.5 Å². The summed E-state index contributed by atoms with van der Waals surface area (Å²) in [6, 6.07) is 15.3. The lowest BCUT2D eigenvalue weighted by Gasteiger charge is -2.19. The van der Waals surface area contributed by atoms with Crippen LogP contribution in [-0.4, -0.2) is 4.43 Å². The van der Waals surface area contributed by atoms with Gasteiger partial charge in [0.25, 0.3) is 0 Å². The molecule has 0 aliphatic rings. The maximum Gasteiger partial charge on any atom is 0.173 e. The fourth-order valence-corrected chi connectivity index (χ4v) is 3.74. The Morgan fingerprint density at radius 3 is 2.67 bits per heavy atom. The number of thiophene rings is 1. The summed E-state index contributed by atoms with van der Waals surface area (Å²) in [5.41, 5.74) is 1.09. The van der Waals surface area contributed by atoms with Gasteiger partial charge >= 0.3 is 0 Å². The molecule has 4 heteroatoms. The van der Waals surface area contributed by atoms with E-state index in [4.69, 9.17) is 4.74 Å². The van der Waals surface area contributed by atoms with Crippen LogP contribution in [0, 0.1) is 5.82 Å². The van der Waals surface area contributed by atoms with Crippen molar-refractivity contribution in [2.45, 2.75) is 12.5 Å². The Hall–Kier alpha value is -1.14. The second-order valence-corrected chi connectivity index (χ2v) is 6.71. The zero-order valence-electron chi connectivity index (χ0n) is 11.3. The molecule has 0 bridgehead atoms. The van der Waals surface area contributed by atoms with Gasteiger partial charge in [0.15, 0.2) is 11.6 Å². The van der Waals surface area contributed by atoms with Crippen LogP contribution in [0.15, 0.2) is 53.9 Å². The van der Waals surface area contributed by atoms with E-state index in [-0.39, 0.29) is 11.9 Å². The number of hydrogen-bond donors (Lipinski definition) is 0. The van der Waals surface area contributed by atoms with Crippen LogP contribution in [0.2, 0.25) is 0 Å². The summed E-state index contributed by atoms with van der Waals surface area (Å²) in [6.07, 6.45) is 0.733. The van der Waals surface area contributed by atoms with E-state index >= 15 is 0 Å². The minimum Gasteiger partial charge on any atom is -0.481 e. The monoisotopic (exact) mass is 412 g/mol. The minimum absolute atomic E-state index is 0.120. The molecule has 0 saturated heterocycles. The lowest BCUT2D eigenvalue weighted by molar-refractivity contribution is 0.198. The van der Waals surface area contributed by atoms with Crippen molar-refractivity contribution in [1.82, 2.24) is 0 Å². The fourth-order valence-electron chi connectivity index (χ4n) is 2.29. The Morgan fingerprint density at radius 1 is 1.10 bits per heavy atom. The quantitative estimate of drug-likeness (QED) is 0.370. The van der Waals surface area contributed by atoms with Gasteiger partial charge in [-0.15, -0.1) is 11.3 Å². The first-order valence-electron chi connectivity index (χ1n) is 6.73. The Balaban J connectivity index is 1.98. The maximum absolute atomic E-state index is 14.2. The number of halogens is 2. The Morgan fingerprint density at radius 2 is 1.90 bits per heavy atom. The molecule has 1 nitrogen and oxygen atoms in total. The molecule has 1 atom stereocenters. The summed E-state index contributed by atoms with van der Waals surface area (Å²) < 4.78 is 22.1. The third-order valence-corrected chi connectivity index (χ3v) is 4.88. The highest BCUT2D eigenvalue weighted by Gasteiger charge is 2.17. The SMILES string of the molecule is Fc1ccc2ccsc2c1OC(CCI)c1ccccc1. The molecular weight excluding hydrogens is 398 g/mol. The van der Waals surface area contributed by atoms with Gasteiger partial charge in [0.2, 0.25) is 0 Å². The summed E-state index contributed by atoms with van der Waals surface area (Å²) in [4.78, 5) is 0. The van der Waals surface area contributed by atoms with E-state index in [2.05, 4.69) is 22.6 Å². The van der Waals surface area contributed by atoms with E-state index in [0.29, 0.717) is 5.75 Å². The average Bonchev–Trinajstić information content (AvgIpc) is 2.99. The van der Waals surface area contributed by atoms with E-state index < -0.39 is 0 Å². The second kappa shape index (κ2) is 6.75. The van der Waals surface area contributed by atoms with Crippen molar-refractivity contribution in [1.29, 1.82) is 0 Å². The van der Waals surface area contributed by atoms with Crippen LogP contribution in [0.4, 0.5) is 4.39 Å². The Kier molecular flexibility index (Phi) is 4.75. The number of ether oxygens (including phenoxy) is 1. The lowest BCUT2D eigenvalue weighted by atomic mass is 10.1. The van der Waals surface area contributed by atoms with Gasteiger partial charge in [-0.05, 0) is 34.9 Å². The number of alkyl halides is 1. The topological polar surface area (TPSA) is 9.23 Å². The predicted octanol–water partition coefficient (Wildman–Crippen LogP) is 5.99. The molecule has 0 fully saturated rings. The van der Waals surface area contributed by atoms with Crippen molar-refractivity contribution in [3.05, 3.63) is 65.3 Å². The molecule has 0 aliphatic heterocycles. The number of fused-ring (bicyclic) bond motifs is 1. The smallest absolute Gasteiger partial charge is 0.173 e. The largest absolute Gasteiger partial charge is 0.481 e. The molecule has 0 spiro atoms. The minimum atomic E-state index is -0.292. The van der Waals surface area contributed by atoms with E-state index in [9.17, 15) is 4.39 Å². The molecular formula is C17H14FIOS. The first-order chi connectivity index (χ1) is 10.3. The average molecular weight is 412 g/mol. The molecule has 0 N–H and O–H groups in total. The highest BCUT2D eigenvalue weighted by atomic mass is 127.